The Bertz CT molecular complexity index is 1310. The Balaban J connectivity index is 1.11. The minimum absolute atomic E-state index is 0.0190. The number of fused-ring (bicyclic) bond motifs is 2. The van der Waals surface area contributed by atoms with Crippen molar-refractivity contribution < 1.29 is 13.9 Å². The van der Waals surface area contributed by atoms with Crippen molar-refractivity contribution >= 4 is 11.6 Å². The summed E-state index contributed by atoms with van der Waals surface area (Å²) < 4.78 is 21.5. The summed E-state index contributed by atoms with van der Waals surface area (Å²) in [7, 11) is 0. The van der Waals surface area contributed by atoms with E-state index in [0.29, 0.717) is 26.2 Å². The quantitative estimate of drug-likeness (QED) is 0.544. The number of ether oxygens (including phenoxy) is 1. The minimum atomic E-state index is -0.510. The van der Waals surface area contributed by atoms with Crippen LogP contribution >= 0.6 is 0 Å². The number of carbonyl (C=O) groups excluding carboxylic acids is 1. The minimum Gasteiger partial charge on any atom is -0.371 e. The van der Waals surface area contributed by atoms with Crippen molar-refractivity contribution in [2.45, 2.75) is 30.9 Å². The van der Waals surface area contributed by atoms with E-state index in [1.165, 1.54) is 11.6 Å². The van der Waals surface area contributed by atoms with Gasteiger partial charge in [0.2, 0.25) is 11.6 Å². The average molecular weight is 474 g/mol. The SMILES string of the molecule is [C-]#[N+]c1cc([C@@H]2CN3CCN(C(=O)C4CCc5cc(-n6cnnn6)ccc54)C[C@H]3CO2)ccc1F. The molecular formula is C25H24FN7O2. The van der Waals surface area contributed by atoms with Crippen molar-refractivity contribution in [3.8, 4) is 5.69 Å². The summed E-state index contributed by atoms with van der Waals surface area (Å²) in [6.45, 7) is 10.4. The summed E-state index contributed by atoms with van der Waals surface area (Å²) >= 11 is 0. The summed E-state index contributed by atoms with van der Waals surface area (Å²) in [5.41, 5.74) is 4.01. The summed E-state index contributed by atoms with van der Waals surface area (Å²) in [5.74, 6) is -0.450. The number of carbonyl (C=O) groups is 1. The number of hydrogen-bond acceptors (Lipinski definition) is 6. The number of benzene rings is 2. The molecule has 0 bridgehead atoms. The molecule has 1 aromatic heterocycles. The molecule has 3 heterocycles. The molecule has 1 aliphatic carbocycles. The predicted octanol–water partition coefficient (Wildman–Crippen LogP) is 2.67. The number of amides is 1. The van der Waals surface area contributed by atoms with Gasteiger partial charge < -0.3 is 9.64 Å². The van der Waals surface area contributed by atoms with Gasteiger partial charge in [0.1, 0.15) is 12.1 Å². The first-order valence-electron chi connectivity index (χ1n) is 11.8. The molecule has 2 aromatic carbocycles. The number of rotatable bonds is 3. The number of morpholine rings is 1. The molecule has 3 aromatic rings. The largest absolute Gasteiger partial charge is 0.371 e. The fourth-order valence-electron chi connectivity index (χ4n) is 5.50. The molecule has 2 saturated heterocycles. The maximum Gasteiger partial charge on any atom is 0.230 e. The number of halogens is 1. The summed E-state index contributed by atoms with van der Waals surface area (Å²) in [5, 5.41) is 11.3. The average Bonchev–Trinajstić information content (AvgIpc) is 3.58. The Morgan fingerprint density at radius 2 is 2.09 bits per heavy atom. The fraction of sp³-hybridized carbons (Fsp3) is 0.400. The van der Waals surface area contributed by atoms with E-state index < -0.39 is 5.82 Å². The second-order valence-corrected chi connectivity index (χ2v) is 9.31. The lowest BCUT2D eigenvalue weighted by Gasteiger charge is -2.46. The molecule has 178 valence electrons. The lowest BCUT2D eigenvalue weighted by molar-refractivity contribution is -0.141. The zero-order valence-corrected chi connectivity index (χ0v) is 19.0. The van der Waals surface area contributed by atoms with Gasteiger partial charge in [-0.25, -0.2) is 13.9 Å². The molecule has 1 amide bonds. The molecular weight excluding hydrogens is 449 g/mol. The van der Waals surface area contributed by atoms with Crippen molar-refractivity contribution in [2.75, 3.05) is 32.8 Å². The van der Waals surface area contributed by atoms with Crippen molar-refractivity contribution in [3.05, 3.63) is 76.7 Å². The maximum atomic E-state index is 13.7. The fourth-order valence-corrected chi connectivity index (χ4v) is 5.50. The van der Waals surface area contributed by atoms with Gasteiger partial charge in [-0.2, -0.15) is 0 Å². The van der Waals surface area contributed by atoms with Crippen LogP contribution in [0, 0.1) is 12.4 Å². The third kappa shape index (κ3) is 3.96. The zero-order chi connectivity index (χ0) is 23.9. The molecule has 1 unspecified atom stereocenters. The van der Waals surface area contributed by atoms with Gasteiger partial charge in [0.25, 0.3) is 0 Å². The highest BCUT2D eigenvalue weighted by molar-refractivity contribution is 5.85. The number of nitrogens with zero attached hydrogens (tertiary/aromatic N) is 7. The third-order valence-corrected chi connectivity index (χ3v) is 7.38. The van der Waals surface area contributed by atoms with Gasteiger partial charge in [-0.3, -0.25) is 9.69 Å². The second-order valence-electron chi connectivity index (χ2n) is 9.31. The van der Waals surface area contributed by atoms with Gasteiger partial charge in [0.15, 0.2) is 0 Å². The first-order chi connectivity index (χ1) is 17.1. The van der Waals surface area contributed by atoms with Crippen molar-refractivity contribution in [1.82, 2.24) is 30.0 Å². The molecule has 0 N–H and O–H groups in total. The Kier molecular flexibility index (Phi) is 5.51. The van der Waals surface area contributed by atoms with E-state index in [1.54, 1.807) is 23.1 Å². The van der Waals surface area contributed by atoms with E-state index in [2.05, 4.69) is 31.3 Å². The summed E-state index contributed by atoms with van der Waals surface area (Å²) in [6, 6.07) is 10.8. The molecule has 6 rings (SSSR count). The van der Waals surface area contributed by atoms with Crippen LogP contribution in [0.25, 0.3) is 10.5 Å². The molecule has 2 fully saturated rings. The van der Waals surface area contributed by atoms with Crippen LogP contribution in [0.1, 0.15) is 35.1 Å². The highest BCUT2D eigenvalue weighted by Crippen LogP contribution is 2.37. The zero-order valence-electron chi connectivity index (χ0n) is 19.0. The van der Waals surface area contributed by atoms with E-state index in [-0.39, 0.29) is 29.7 Å². The standard InChI is InChI=1S/C25H24FN7O2/c1-27-23-11-17(3-7-22(23)26)24-13-31-8-9-32(12-19(31)14-35-24)25(34)21-5-2-16-10-18(4-6-20(16)21)33-15-28-29-30-33/h3-4,6-7,10-11,15,19,21,24H,2,5,8-9,12-14H2/t19-,21?,24-/m0/s1. The Morgan fingerprint density at radius 1 is 1.17 bits per heavy atom. The van der Waals surface area contributed by atoms with Gasteiger partial charge in [0, 0.05) is 26.2 Å². The number of hydrogen-bond donors (Lipinski definition) is 0. The Morgan fingerprint density at radius 3 is 2.91 bits per heavy atom. The third-order valence-electron chi connectivity index (χ3n) is 7.38. The van der Waals surface area contributed by atoms with Crippen LogP contribution in [0.3, 0.4) is 0 Å². The van der Waals surface area contributed by atoms with E-state index in [4.69, 9.17) is 11.3 Å². The van der Waals surface area contributed by atoms with Crippen LogP contribution in [-0.4, -0.2) is 74.7 Å². The molecule has 10 heteroatoms. The lowest BCUT2D eigenvalue weighted by Crippen LogP contribution is -2.60. The van der Waals surface area contributed by atoms with E-state index in [1.807, 2.05) is 17.0 Å². The lowest BCUT2D eigenvalue weighted by atomic mass is 9.97. The van der Waals surface area contributed by atoms with E-state index in [9.17, 15) is 9.18 Å². The first kappa shape index (κ1) is 21.8. The van der Waals surface area contributed by atoms with Gasteiger partial charge in [-0.05, 0) is 64.2 Å². The molecule has 0 radical (unpaired) electrons. The number of tetrazole rings is 1. The van der Waals surface area contributed by atoms with Crippen molar-refractivity contribution in [2.24, 2.45) is 0 Å². The van der Waals surface area contributed by atoms with Crippen molar-refractivity contribution in [3.63, 3.8) is 0 Å². The topological polar surface area (TPSA) is 80.7 Å². The summed E-state index contributed by atoms with van der Waals surface area (Å²) in [6.07, 6.45) is 3.03. The number of piperazine rings is 1. The van der Waals surface area contributed by atoms with Gasteiger partial charge in [0.05, 0.1) is 36.9 Å². The number of aromatic nitrogens is 4. The van der Waals surface area contributed by atoms with Crippen molar-refractivity contribution in [1.29, 1.82) is 0 Å². The second kappa shape index (κ2) is 8.83. The Labute approximate surface area is 201 Å². The highest BCUT2D eigenvalue weighted by atomic mass is 19.1. The van der Waals surface area contributed by atoms with Gasteiger partial charge in [-0.15, -0.1) is 5.10 Å². The van der Waals surface area contributed by atoms with Gasteiger partial charge in [-0.1, -0.05) is 12.1 Å². The highest BCUT2D eigenvalue weighted by Gasteiger charge is 2.39. The maximum absolute atomic E-state index is 13.7. The smallest absolute Gasteiger partial charge is 0.230 e. The Hall–Kier alpha value is -3.68. The normalized spacial score (nSPS) is 24.0. The van der Waals surface area contributed by atoms with Crippen LogP contribution in [0.5, 0.6) is 0 Å². The molecule has 3 aliphatic rings. The first-order valence-corrected chi connectivity index (χ1v) is 11.8. The van der Waals surface area contributed by atoms with Gasteiger partial charge >= 0.3 is 0 Å². The summed E-state index contributed by atoms with van der Waals surface area (Å²) in [4.78, 5) is 21.1. The van der Waals surface area contributed by atoms with Crippen LogP contribution in [0.15, 0.2) is 42.7 Å². The van der Waals surface area contributed by atoms with Crippen LogP contribution in [0.4, 0.5) is 10.1 Å². The molecule has 2 aliphatic heterocycles. The van der Waals surface area contributed by atoms with Crippen LogP contribution in [-0.2, 0) is 16.0 Å². The molecule has 35 heavy (non-hydrogen) atoms. The predicted molar refractivity (Wildman–Crippen MR) is 124 cm³/mol. The number of aryl methyl sites for hydroxylation is 1. The van der Waals surface area contributed by atoms with Crippen LogP contribution in [0.2, 0.25) is 0 Å². The monoisotopic (exact) mass is 473 g/mol. The van der Waals surface area contributed by atoms with Crippen LogP contribution < -0.4 is 0 Å². The molecule has 0 spiro atoms. The van der Waals surface area contributed by atoms with E-state index >= 15 is 0 Å². The molecule has 0 saturated carbocycles. The molecule has 9 nitrogen and oxygen atoms in total. The molecule has 3 atom stereocenters. The van der Waals surface area contributed by atoms with E-state index in [0.717, 1.165) is 36.2 Å².